The van der Waals surface area contributed by atoms with Crippen molar-refractivity contribution in [3.63, 3.8) is 0 Å². The first-order valence-corrected chi connectivity index (χ1v) is 14.6. The van der Waals surface area contributed by atoms with E-state index in [1.807, 2.05) is 12.1 Å². The molecular formula is C24H33N3O6S2. The Bertz CT molecular complexity index is 1280. The highest BCUT2D eigenvalue weighted by Crippen LogP contribution is 2.31. The van der Waals surface area contributed by atoms with E-state index in [0.29, 0.717) is 18.8 Å². The molecule has 35 heavy (non-hydrogen) atoms. The lowest BCUT2D eigenvalue weighted by Crippen LogP contribution is -2.37. The Morgan fingerprint density at radius 3 is 2.14 bits per heavy atom. The first-order valence-electron chi connectivity index (χ1n) is 11.3. The van der Waals surface area contributed by atoms with Crippen LogP contribution in [0.4, 0.5) is 11.4 Å². The van der Waals surface area contributed by atoms with Gasteiger partial charge in [-0.3, -0.25) is 9.10 Å². The molecule has 1 aliphatic rings. The zero-order valence-corrected chi connectivity index (χ0v) is 22.4. The van der Waals surface area contributed by atoms with Gasteiger partial charge in [0.15, 0.2) is 0 Å². The average molecular weight is 524 g/mol. The molecule has 0 saturated carbocycles. The Morgan fingerprint density at radius 2 is 1.63 bits per heavy atom. The molecule has 0 radical (unpaired) electrons. The Morgan fingerprint density at radius 1 is 1.03 bits per heavy atom. The molecular weight excluding hydrogens is 490 g/mol. The third kappa shape index (κ3) is 6.33. The van der Waals surface area contributed by atoms with Gasteiger partial charge in [-0.25, -0.2) is 16.8 Å². The fourth-order valence-corrected chi connectivity index (χ4v) is 6.27. The lowest BCUT2D eigenvalue weighted by atomic mass is 9.87. The maximum Gasteiger partial charge on any atom is 0.245 e. The summed E-state index contributed by atoms with van der Waals surface area (Å²) in [6, 6.07) is 11.2. The predicted octanol–water partition coefficient (Wildman–Crippen LogP) is 3.18. The minimum atomic E-state index is -3.77. The molecule has 0 spiro atoms. The van der Waals surface area contributed by atoms with Gasteiger partial charge in [0.2, 0.25) is 26.0 Å². The van der Waals surface area contributed by atoms with Crippen LogP contribution in [0.15, 0.2) is 47.4 Å². The quantitative estimate of drug-likeness (QED) is 0.569. The third-order valence-electron chi connectivity index (χ3n) is 5.86. The summed E-state index contributed by atoms with van der Waals surface area (Å²) < 4.78 is 58.6. The fourth-order valence-electron chi connectivity index (χ4n) is 3.87. The van der Waals surface area contributed by atoms with Crippen molar-refractivity contribution < 1.29 is 26.4 Å². The topological polar surface area (TPSA) is 113 Å². The van der Waals surface area contributed by atoms with E-state index < -0.39 is 32.5 Å². The van der Waals surface area contributed by atoms with E-state index in [0.717, 1.165) is 29.0 Å². The van der Waals surface area contributed by atoms with Gasteiger partial charge in [-0.1, -0.05) is 32.9 Å². The molecule has 2 aromatic rings. The minimum absolute atomic E-state index is 0.0354. The van der Waals surface area contributed by atoms with Crippen LogP contribution in [0.2, 0.25) is 0 Å². The van der Waals surface area contributed by atoms with Gasteiger partial charge in [0, 0.05) is 13.1 Å². The number of anilines is 2. The van der Waals surface area contributed by atoms with Gasteiger partial charge >= 0.3 is 0 Å². The number of methoxy groups -OCH3 is 1. The predicted molar refractivity (Wildman–Crippen MR) is 137 cm³/mol. The number of sulfonamides is 2. The van der Waals surface area contributed by atoms with Crippen LogP contribution in [0.1, 0.15) is 39.2 Å². The maximum atomic E-state index is 12.9. The highest BCUT2D eigenvalue weighted by molar-refractivity contribution is 7.92. The number of rotatable bonds is 8. The fraction of sp³-hybridized carbons (Fsp3) is 0.458. The summed E-state index contributed by atoms with van der Waals surface area (Å²) in [5.74, 6) is -0.372. The average Bonchev–Trinajstić information content (AvgIpc) is 3.32. The van der Waals surface area contributed by atoms with Crippen LogP contribution in [0, 0.1) is 0 Å². The van der Waals surface area contributed by atoms with Crippen molar-refractivity contribution in [3.05, 3.63) is 48.0 Å². The highest BCUT2D eigenvalue weighted by Gasteiger charge is 2.28. The summed E-state index contributed by atoms with van der Waals surface area (Å²) in [7, 11) is -6.08. The SMILES string of the molecule is COc1ccc(S(=O)(=O)N2CCCC2)cc1NC(=O)CN(c1ccc(C(C)(C)C)cc1)S(C)(=O)=O. The number of carbonyl (C=O) groups is 1. The van der Waals surface area contributed by atoms with E-state index in [4.69, 9.17) is 4.74 Å². The van der Waals surface area contributed by atoms with E-state index in [2.05, 4.69) is 26.1 Å². The number of benzene rings is 2. The first kappa shape index (κ1) is 27.0. The second-order valence-corrected chi connectivity index (χ2v) is 13.4. The Labute approximate surface area is 208 Å². The Hall–Kier alpha value is -2.63. The number of amides is 1. The van der Waals surface area contributed by atoms with Crippen molar-refractivity contribution in [2.24, 2.45) is 0 Å². The number of nitrogens with zero attached hydrogens (tertiary/aromatic N) is 2. The van der Waals surface area contributed by atoms with Crippen molar-refractivity contribution in [1.29, 1.82) is 0 Å². The molecule has 1 amide bonds. The number of carbonyl (C=O) groups excluding carboxylic acids is 1. The van der Waals surface area contributed by atoms with Crippen LogP contribution in [0.5, 0.6) is 5.75 Å². The molecule has 0 unspecified atom stereocenters. The molecule has 11 heteroatoms. The molecule has 2 aromatic carbocycles. The maximum absolute atomic E-state index is 12.9. The van der Waals surface area contributed by atoms with Gasteiger partial charge in [0.25, 0.3) is 0 Å². The van der Waals surface area contributed by atoms with Gasteiger partial charge in [0.1, 0.15) is 12.3 Å². The molecule has 9 nitrogen and oxygen atoms in total. The van der Waals surface area contributed by atoms with Crippen LogP contribution in [0.25, 0.3) is 0 Å². The standard InChI is InChI=1S/C24H33N3O6S2/c1-24(2,3)18-8-10-19(11-9-18)27(34(5,29)30)17-23(28)25-21-16-20(12-13-22(21)33-4)35(31,32)26-14-6-7-15-26/h8-13,16H,6-7,14-15,17H2,1-5H3,(H,25,28). The minimum Gasteiger partial charge on any atom is -0.495 e. The molecule has 1 fully saturated rings. The zero-order valence-electron chi connectivity index (χ0n) is 20.7. The molecule has 0 atom stereocenters. The van der Waals surface area contributed by atoms with E-state index in [-0.39, 0.29) is 21.7 Å². The van der Waals surface area contributed by atoms with Crippen molar-refractivity contribution in [2.45, 2.75) is 43.9 Å². The first-order chi connectivity index (χ1) is 16.2. The molecule has 192 valence electrons. The van der Waals surface area contributed by atoms with Crippen molar-refractivity contribution in [1.82, 2.24) is 4.31 Å². The number of hydrogen-bond acceptors (Lipinski definition) is 6. The monoisotopic (exact) mass is 523 g/mol. The molecule has 1 N–H and O–H groups in total. The van der Waals surface area contributed by atoms with Gasteiger partial charge in [-0.15, -0.1) is 0 Å². The van der Waals surface area contributed by atoms with Gasteiger partial charge < -0.3 is 10.1 Å². The molecule has 0 bridgehead atoms. The molecule has 1 saturated heterocycles. The van der Waals surface area contributed by atoms with Crippen molar-refractivity contribution in [3.8, 4) is 5.75 Å². The van der Waals surface area contributed by atoms with Crippen LogP contribution < -0.4 is 14.4 Å². The van der Waals surface area contributed by atoms with Gasteiger partial charge in [-0.2, -0.15) is 4.31 Å². The number of nitrogens with one attached hydrogen (secondary N) is 1. The summed E-state index contributed by atoms with van der Waals surface area (Å²) >= 11 is 0. The second kappa shape index (κ2) is 10.2. The molecule has 0 aliphatic carbocycles. The number of ether oxygens (including phenoxy) is 1. The van der Waals surface area contributed by atoms with Crippen LogP contribution in [-0.2, 0) is 30.3 Å². The summed E-state index contributed by atoms with van der Waals surface area (Å²) in [6.07, 6.45) is 2.63. The van der Waals surface area contributed by atoms with E-state index in [1.54, 1.807) is 12.1 Å². The van der Waals surface area contributed by atoms with Crippen molar-refractivity contribution in [2.75, 3.05) is 42.6 Å². The molecule has 3 rings (SSSR count). The van der Waals surface area contributed by atoms with E-state index in [1.165, 1.54) is 29.6 Å². The second-order valence-electron chi connectivity index (χ2n) is 9.59. The van der Waals surface area contributed by atoms with Crippen molar-refractivity contribution >= 4 is 37.3 Å². The van der Waals surface area contributed by atoms with Crippen LogP contribution >= 0.6 is 0 Å². The summed E-state index contributed by atoms with van der Waals surface area (Å²) in [5, 5.41) is 2.62. The van der Waals surface area contributed by atoms with Crippen LogP contribution in [-0.4, -0.2) is 60.0 Å². The summed E-state index contributed by atoms with van der Waals surface area (Å²) in [5.41, 5.74) is 1.42. The normalized spacial score (nSPS) is 15.1. The molecule has 0 aromatic heterocycles. The van der Waals surface area contributed by atoms with Gasteiger partial charge in [-0.05, 0) is 54.2 Å². The van der Waals surface area contributed by atoms with Crippen LogP contribution in [0.3, 0.4) is 0 Å². The lowest BCUT2D eigenvalue weighted by Gasteiger charge is -2.24. The molecule has 1 heterocycles. The van der Waals surface area contributed by atoms with Gasteiger partial charge in [0.05, 0.1) is 29.6 Å². The molecule has 1 aliphatic heterocycles. The van der Waals surface area contributed by atoms with E-state index >= 15 is 0 Å². The highest BCUT2D eigenvalue weighted by atomic mass is 32.2. The summed E-state index contributed by atoms with van der Waals surface area (Å²) in [4.78, 5) is 13.0. The number of hydrogen-bond donors (Lipinski definition) is 1. The Kier molecular flexibility index (Phi) is 7.83. The zero-order chi connectivity index (χ0) is 26.0. The smallest absolute Gasteiger partial charge is 0.245 e. The largest absolute Gasteiger partial charge is 0.495 e. The summed E-state index contributed by atoms with van der Waals surface area (Å²) in [6.45, 7) is 6.57. The Balaban J connectivity index is 1.86. The third-order valence-corrected chi connectivity index (χ3v) is 8.89. The van der Waals surface area contributed by atoms with E-state index in [9.17, 15) is 21.6 Å². The lowest BCUT2D eigenvalue weighted by molar-refractivity contribution is -0.114.